The summed E-state index contributed by atoms with van der Waals surface area (Å²) in [6.45, 7) is 4.75. The number of anilines is 1. The Hall–Kier alpha value is -2.54. The molecule has 0 aliphatic carbocycles. The second-order valence-electron chi connectivity index (χ2n) is 6.30. The maximum absolute atomic E-state index is 12.5. The molecule has 0 spiro atoms. The number of hydrogen-bond acceptors (Lipinski definition) is 4. The lowest BCUT2D eigenvalue weighted by Crippen LogP contribution is -2.25. The van der Waals surface area contributed by atoms with Gasteiger partial charge >= 0.3 is 0 Å². The highest BCUT2D eigenvalue weighted by Gasteiger charge is 2.15. The molecule has 2 rings (SSSR count). The van der Waals surface area contributed by atoms with Gasteiger partial charge in [-0.1, -0.05) is 19.9 Å². The molecule has 0 aliphatic rings. The predicted octanol–water partition coefficient (Wildman–Crippen LogP) is 3.27. The van der Waals surface area contributed by atoms with E-state index in [9.17, 15) is 13.2 Å². The number of amides is 1. The molecule has 26 heavy (non-hydrogen) atoms. The van der Waals surface area contributed by atoms with E-state index in [0.717, 1.165) is 6.42 Å². The highest BCUT2D eigenvalue weighted by Crippen LogP contribution is 2.20. The van der Waals surface area contributed by atoms with Crippen LogP contribution in [0.2, 0.25) is 0 Å². The maximum atomic E-state index is 12.5. The van der Waals surface area contributed by atoms with E-state index in [4.69, 9.17) is 4.74 Å². The summed E-state index contributed by atoms with van der Waals surface area (Å²) in [5.74, 6) is 0.845. The highest BCUT2D eigenvalue weighted by molar-refractivity contribution is 7.92. The monoisotopic (exact) mass is 376 g/mol. The van der Waals surface area contributed by atoms with Crippen LogP contribution in [0.4, 0.5) is 5.69 Å². The molecule has 0 radical (unpaired) electrons. The molecule has 0 aliphatic heterocycles. The molecule has 1 amide bonds. The van der Waals surface area contributed by atoms with Gasteiger partial charge in [0.15, 0.2) is 0 Å². The van der Waals surface area contributed by atoms with Crippen molar-refractivity contribution in [2.45, 2.75) is 25.2 Å². The molecular formula is C19H24N2O4S. The fraction of sp³-hybridized carbons (Fsp3) is 0.316. The zero-order valence-electron chi connectivity index (χ0n) is 15.2. The minimum atomic E-state index is -3.75. The quantitative estimate of drug-likeness (QED) is 0.740. The third-order valence-electron chi connectivity index (χ3n) is 3.75. The number of carbonyl (C=O) groups excluding carboxylic acids is 1. The van der Waals surface area contributed by atoms with Crippen molar-refractivity contribution in [3.8, 4) is 5.75 Å². The van der Waals surface area contributed by atoms with Gasteiger partial charge in [0.1, 0.15) is 5.75 Å². The fourth-order valence-electron chi connectivity index (χ4n) is 2.27. The average Bonchev–Trinajstić information content (AvgIpc) is 2.61. The van der Waals surface area contributed by atoms with Crippen LogP contribution in [0.25, 0.3) is 0 Å². The first kappa shape index (κ1) is 19.8. The van der Waals surface area contributed by atoms with Crippen LogP contribution in [0, 0.1) is 5.92 Å². The third-order valence-corrected chi connectivity index (χ3v) is 5.15. The average molecular weight is 376 g/mol. The first-order valence-electron chi connectivity index (χ1n) is 8.37. The first-order valence-corrected chi connectivity index (χ1v) is 9.85. The van der Waals surface area contributed by atoms with Crippen molar-refractivity contribution in [2.75, 3.05) is 18.4 Å². The number of methoxy groups -OCH3 is 1. The zero-order chi connectivity index (χ0) is 19.2. The zero-order valence-corrected chi connectivity index (χ0v) is 16.0. The van der Waals surface area contributed by atoms with Crippen molar-refractivity contribution in [1.82, 2.24) is 5.32 Å². The van der Waals surface area contributed by atoms with Gasteiger partial charge in [-0.3, -0.25) is 9.52 Å². The molecule has 0 saturated heterocycles. The summed E-state index contributed by atoms with van der Waals surface area (Å²) in [6.07, 6.45) is 0.884. The van der Waals surface area contributed by atoms with Gasteiger partial charge in [-0.25, -0.2) is 8.42 Å². The highest BCUT2D eigenvalue weighted by atomic mass is 32.2. The molecule has 0 atom stereocenters. The second-order valence-corrected chi connectivity index (χ2v) is 7.98. The van der Waals surface area contributed by atoms with E-state index in [0.29, 0.717) is 29.5 Å². The van der Waals surface area contributed by atoms with E-state index in [1.165, 1.54) is 25.3 Å². The maximum Gasteiger partial charge on any atom is 0.261 e. The third kappa shape index (κ3) is 5.49. The molecule has 140 valence electrons. The molecule has 0 unspecified atom stereocenters. The number of sulfonamides is 1. The lowest BCUT2D eigenvalue weighted by Gasteiger charge is -2.11. The van der Waals surface area contributed by atoms with E-state index >= 15 is 0 Å². The Labute approximate surface area is 154 Å². The van der Waals surface area contributed by atoms with Crippen LogP contribution in [0.3, 0.4) is 0 Å². The van der Waals surface area contributed by atoms with E-state index < -0.39 is 10.0 Å². The van der Waals surface area contributed by atoms with Crippen LogP contribution in [0.15, 0.2) is 53.4 Å². The molecule has 7 heteroatoms. The van der Waals surface area contributed by atoms with Crippen molar-refractivity contribution in [3.05, 3.63) is 54.1 Å². The number of rotatable bonds is 8. The topological polar surface area (TPSA) is 84.5 Å². The molecular weight excluding hydrogens is 352 g/mol. The van der Waals surface area contributed by atoms with Gasteiger partial charge in [0.25, 0.3) is 15.9 Å². The van der Waals surface area contributed by atoms with Crippen molar-refractivity contribution in [1.29, 1.82) is 0 Å². The van der Waals surface area contributed by atoms with Gasteiger partial charge in [0, 0.05) is 17.8 Å². The van der Waals surface area contributed by atoms with Crippen LogP contribution < -0.4 is 14.8 Å². The minimum absolute atomic E-state index is 0.116. The SMILES string of the molecule is COc1ccc(S(=O)(=O)Nc2cccc(C(=O)NCCC(C)C)c2)cc1. The van der Waals surface area contributed by atoms with E-state index in [2.05, 4.69) is 23.9 Å². The molecule has 2 N–H and O–H groups in total. The summed E-state index contributed by atoms with van der Waals surface area (Å²) in [5, 5.41) is 2.83. The van der Waals surface area contributed by atoms with Gasteiger partial charge in [-0.05, 0) is 54.8 Å². The number of benzene rings is 2. The summed E-state index contributed by atoms with van der Waals surface area (Å²) in [4.78, 5) is 12.3. The molecule has 0 fully saturated rings. The molecule has 6 nitrogen and oxygen atoms in total. The Kier molecular flexibility index (Phi) is 6.63. The Morgan fingerprint density at radius 3 is 2.42 bits per heavy atom. The van der Waals surface area contributed by atoms with E-state index in [1.54, 1.807) is 30.3 Å². The van der Waals surface area contributed by atoms with Crippen molar-refractivity contribution in [2.24, 2.45) is 5.92 Å². The van der Waals surface area contributed by atoms with Crippen molar-refractivity contribution >= 4 is 21.6 Å². The van der Waals surface area contributed by atoms with Gasteiger partial charge < -0.3 is 10.1 Å². The van der Waals surface area contributed by atoms with Gasteiger partial charge in [-0.2, -0.15) is 0 Å². The summed E-state index contributed by atoms with van der Waals surface area (Å²) < 4.78 is 32.5. The Balaban J connectivity index is 2.10. The molecule has 0 saturated carbocycles. The van der Waals surface area contributed by atoms with Crippen LogP contribution in [-0.4, -0.2) is 28.0 Å². The molecule has 0 aromatic heterocycles. The smallest absolute Gasteiger partial charge is 0.261 e. The fourth-order valence-corrected chi connectivity index (χ4v) is 3.32. The van der Waals surface area contributed by atoms with Gasteiger partial charge in [-0.15, -0.1) is 0 Å². The Morgan fingerprint density at radius 1 is 1.12 bits per heavy atom. The summed E-state index contributed by atoms with van der Waals surface area (Å²) in [6, 6.07) is 12.5. The number of carbonyl (C=O) groups is 1. The second kappa shape index (κ2) is 8.71. The summed E-state index contributed by atoms with van der Waals surface area (Å²) in [5.41, 5.74) is 0.737. The van der Waals surface area contributed by atoms with Crippen LogP contribution in [0.5, 0.6) is 5.75 Å². The Bertz CT molecular complexity index is 846. The van der Waals surface area contributed by atoms with Gasteiger partial charge in [0.2, 0.25) is 0 Å². The molecule has 0 heterocycles. The van der Waals surface area contributed by atoms with Crippen molar-refractivity contribution < 1.29 is 17.9 Å². The van der Waals surface area contributed by atoms with Gasteiger partial charge in [0.05, 0.1) is 12.0 Å². The Morgan fingerprint density at radius 2 is 1.81 bits per heavy atom. The first-order chi connectivity index (χ1) is 12.3. The predicted molar refractivity (Wildman–Crippen MR) is 102 cm³/mol. The molecule has 2 aromatic carbocycles. The number of hydrogen-bond donors (Lipinski definition) is 2. The van der Waals surface area contributed by atoms with E-state index in [-0.39, 0.29) is 10.8 Å². The standard InChI is InChI=1S/C19H24N2O4S/c1-14(2)11-12-20-19(22)15-5-4-6-16(13-15)21-26(23,24)18-9-7-17(25-3)8-10-18/h4-10,13-14,21H,11-12H2,1-3H3,(H,20,22). The summed E-state index contributed by atoms with van der Waals surface area (Å²) in [7, 11) is -2.23. The number of ether oxygens (including phenoxy) is 1. The lowest BCUT2D eigenvalue weighted by molar-refractivity contribution is 0.0952. The van der Waals surface area contributed by atoms with Crippen LogP contribution >= 0.6 is 0 Å². The van der Waals surface area contributed by atoms with Crippen molar-refractivity contribution in [3.63, 3.8) is 0 Å². The lowest BCUT2D eigenvalue weighted by atomic mass is 10.1. The normalized spacial score (nSPS) is 11.2. The molecule has 2 aromatic rings. The number of nitrogens with one attached hydrogen (secondary N) is 2. The summed E-state index contributed by atoms with van der Waals surface area (Å²) >= 11 is 0. The van der Waals surface area contributed by atoms with Crippen LogP contribution in [0.1, 0.15) is 30.6 Å². The van der Waals surface area contributed by atoms with Crippen LogP contribution in [-0.2, 0) is 10.0 Å². The van der Waals surface area contributed by atoms with E-state index in [1.807, 2.05) is 0 Å². The molecule has 0 bridgehead atoms. The minimum Gasteiger partial charge on any atom is -0.497 e. The largest absolute Gasteiger partial charge is 0.497 e.